The number of benzene rings is 6. The van der Waals surface area contributed by atoms with Gasteiger partial charge in [-0.1, -0.05) is 237 Å². The molecule has 3 amide bonds. The standard InChI is InChI=1S/C35H50N2O6.C34H47N3O6.C30H40N2O5.C4H9NO2.2CH4O.B.Na.H/c1-25(2)21-31(33(39)42-23-28-18-12-9-13-19-28)36-24-37(34(40)43-35(4,5)6)30(22-27-16-10-8-11-17-27)29(36)20-14-15-26(3)32(38)41-7;1-24(2)20-30(32(39)42-22-27-16-12-9-13-17-27)36-23-37(33(40)43-34(4,5)6)29(21-26-14-10-8-11-15-26)28(36)18-19-35-25(3)31(38)41-7;1-22(2)18-27(28(34)36-20-24-14-10-7-11-15-24)31-21-32(29(35)37-30(3,4)5)26(25(31)16-17-33)19-23-12-8-6-9-13-23;1-3(5)4(6)7-2;2*1-2;;;/h8-13,16-19,25-26,29-31H,14-15,20-24H2,1-7H3;8-17,19,24-25,28-30H,18,20-23H2,1-7H3;6-15,17,22,25-27H,16,18-21H2,1-5H3;3H,5H2,1-2H3;2*2H,1H3;;;/q;;;;;;;+1;-1/t26-,29-,30+,31+;25-,28+,29-,30-;25-,26+,27+;3-;;;;;/m1010...../s1. The average Bonchev–Trinajstić information content (AvgIpc) is 1.64. The van der Waals surface area contributed by atoms with Crippen LogP contribution in [0.1, 0.15) is 211 Å². The molecule has 3 aliphatic rings. The molecular formula is C105H155BN8NaO21. The van der Waals surface area contributed by atoms with Gasteiger partial charge in [0.1, 0.15) is 73.1 Å². The van der Waals surface area contributed by atoms with E-state index in [0.29, 0.717) is 57.8 Å². The van der Waals surface area contributed by atoms with Gasteiger partial charge in [0.05, 0.1) is 65.4 Å². The van der Waals surface area contributed by atoms with Crippen molar-refractivity contribution >= 4 is 75.0 Å². The number of aliphatic hydroxyl groups is 2. The molecule has 3 fully saturated rings. The molecular weight excluding hydrogens is 1740 g/mol. The van der Waals surface area contributed by atoms with E-state index >= 15 is 0 Å². The summed E-state index contributed by atoms with van der Waals surface area (Å²) in [5, 5.41) is 14.0. The van der Waals surface area contributed by atoms with Gasteiger partial charge in [-0.2, -0.15) is 0 Å². The zero-order valence-corrected chi connectivity index (χ0v) is 87.1. The third kappa shape index (κ3) is 43.0. The van der Waals surface area contributed by atoms with E-state index in [1.165, 1.54) is 21.3 Å². The number of aliphatic hydroxyl groups excluding tert-OH is 2. The number of nitrogens with zero attached hydrogens (tertiary/aromatic N) is 7. The molecule has 3 heterocycles. The topological polar surface area (TPSA) is 352 Å². The van der Waals surface area contributed by atoms with Crippen molar-refractivity contribution in [1.29, 1.82) is 0 Å². The summed E-state index contributed by atoms with van der Waals surface area (Å²) >= 11 is 0. The molecule has 0 saturated carbocycles. The van der Waals surface area contributed by atoms with E-state index in [2.05, 4.69) is 73.2 Å². The maximum absolute atomic E-state index is 13.8. The minimum atomic E-state index is -0.694. The number of carbonyl (C=O) groups excluding carboxylic acids is 10. The molecule has 0 bridgehead atoms. The fraction of sp³-hybridized carbons (Fsp3) is 0.552. The van der Waals surface area contributed by atoms with Gasteiger partial charge in [-0.3, -0.25) is 58.4 Å². The summed E-state index contributed by atoms with van der Waals surface area (Å²) in [6.07, 6.45) is 7.33. The molecule has 3 aliphatic heterocycles. The van der Waals surface area contributed by atoms with Gasteiger partial charge in [0.15, 0.2) is 0 Å². The number of aldehydes is 1. The Morgan fingerprint density at radius 1 is 0.397 bits per heavy atom. The van der Waals surface area contributed by atoms with E-state index in [9.17, 15) is 47.9 Å². The maximum Gasteiger partial charge on any atom is 1.00 e. The molecule has 0 spiro atoms. The summed E-state index contributed by atoms with van der Waals surface area (Å²) in [5.41, 5.74) is 8.97. The number of methoxy groups -OCH3 is 3. The van der Waals surface area contributed by atoms with Crippen molar-refractivity contribution in [1.82, 2.24) is 29.4 Å². The van der Waals surface area contributed by atoms with Crippen LogP contribution in [0.15, 0.2) is 187 Å². The van der Waals surface area contributed by atoms with Crippen LogP contribution in [-0.4, -0.2) is 253 Å². The van der Waals surface area contributed by atoms with Crippen LogP contribution in [0.5, 0.6) is 0 Å². The Labute approximate surface area is 834 Å². The minimum Gasteiger partial charge on any atom is -1.00 e. The van der Waals surface area contributed by atoms with E-state index < -0.39 is 71.3 Å². The van der Waals surface area contributed by atoms with Gasteiger partial charge in [-0.15, -0.1) is 0 Å². The molecule has 0 unspecified atom stereocenters. The van der Waals surface area contributed by atoms with E-state index in [-0.39, 0.29) is 175 Å². The Kier molecular flexibility index (Phi) is 56.5. The maximum atomic E-state index is 13.8. The fourth-order valence-electron chi connectivity index (χ4n) is 15.9. The molecule has 12 atom stereocenters. The van der Waals surface area contributed by atoms with Gasteiger partial charge in [-0.05, 0) is 185 Å². The molecule has 0 aliphatic carbocycles. The second-order valence-corrected chi connectivity index (χ2v) is 37.8. The number of rotatable bonds is 36. The van der Waals surface area contributed by atoms with E-state index in [4.69, 9.17) is 53.8 Å². The molecule has 6 aromatic rings. The molecule has 136 heavy (non-hydrogen) atoms. The molecule has 6 aromatic carbocycles. The summed E-state index contributed by atoms with van der Waals surface area (Å²) in [5.74, 6) is -1.66. The summed E-state index contributed by atoms with van der Waals surface area (Å²) in [6, 6.07) is 54.1. The second-order valence-electron chi connectivity index (χ2n) is 37.8. The van der Waals surface area contributed by atoms with Gasteiger partial charge in [-0.25, -0.2) is 19.2 Å². The van der Waals surface area contributed by atoms with Crippen LogP contribution < -0.4 is 35.3 Å². The molecule has 4 N–H and O–H groups in total. The number of hydrogen-bond donors (Lipinski definition) is 3. The van der Waals surface area contributed by atoms with Crippen LogP contribution in [0, 0.1) is 23.7 Å². The summed E-state index contributed by atoms with van der Waals surface area (Å²) in [6.45, 7) is 35.3. The third-order valence-corrected chi connectivity index (χ3v) is 22.1. The minimum absolute atomic E-state index is 0. The molecule has 31 heteroatoms. The molecule has 29 nitrogen and oxygen atoms in total. The first kappa shape index (κ1) is 122. The van der Waals surface area contributed by atoms with Gasteiger partial charge in [0.2, 0.25) is 0 Å². The molecule has 745 valence electrons. The predicted octanol–water partition coefficient (Wildman–Crippen LogP) is 13.0. The van der Waals surface area contributed by atoms with Crippen LogP contribution >= 0.6 is 0 Å². The smallest absolute Gasteiger partial charge is 1.00 e. The van der Waals surface area contributed by atoms with Crippen LogP contribution in [0.25, 0.3) is 0 Å². The fourth-order valence-corrected chi connectivity index (χ4v) is 15.9. The van der Waals surface area contributed by atoms with Gasteiger partial charge in [0.25, 0.3) is 0 Å². The monoisotopic (exact) mass is 1900 g/mol. The number of nitrogens with two attached hydrogens (primary N) is 1. The Morgan fingerprint density at radius 2 is 0.662 bits per heavy atom. The van der Waals surface area contributed by atoms with Crippen molar-refractivity contribution < 1.29 is 132 Å². The Balaban J connectivity index is 0.000000965. The van der Waals surface area contributed by atoms with Crippen LogP contribution in [0.3, 0.4) is 0 Å². The first-order chi connectivity index (χ1) is 63.5. The zero-order chi connectivity index (χ0) is 100. The number of ether oxygens (including phenoxy) is 9. The van der Waals surface area contributed by atoms with Gasteiger partial charge >= 0.3 is 83.7 Å². The van der Waals surface area contributed by atoms with Crippen LogP contribution in [-0.2, 0) is 115 Å². The van der Waals surface area contributed by atoms with Gasteiger partial charge in [0, 0.05) is 53.4 Å². The predicted molar refractivity (Wildman–Crippen MR) is 525 cm³/mol. The van der Waals surface area contributed by atoms with Crippen molar-refractivity contribution in [2.45, 2.75) is 298 Å². The van der Waals surface area contributed by atoms with Crippen LogP contribution in [0.2, 0.25) is 0 Å². The third-order valence-electron chi connectivity index (χ3n) is 22.1. The SMILES string of the molecule is CC(C)C[C@@H](C(=O)OCc1ccccc1)N1CN(C(=O)OC(C)(C)C)[C@@H](Cc2ccccc2)[C@H]1CC=O.CO.CO.COC(=O)[C@H](C)CCC[C@@H]1[C@H](Cc2ccccc2)N(C(=O)OC(C)(C)C)CN1[C@@H](CC(C)C)C(=O)OCc1ccccc1.COC(=O)[C@H](C)N.COC(=O)[C@H](C)N=CC[C@@H]1[C@H](Cc2ccccc2)N(C(=O)OC(C)(C)C)CN1[C@@H](CC(C)C)C(=O)OCc1ccccc1.[B].[H-].[Na+]. The van der Waals surface area contributed by atoms with E-state index in [1.807, 2.05) is 244 Å². The van der Waals surface area contributed by atoms with E-state index in [0.717, 1.165) is 60.3 Å². The first-order valence-corrected chi connectivity index (χ1v) is 46.4. The molecule has 3 radical (unpaired) electrons. The van der Waals surface area contributed by atoms with Crippen molar-refractivity contribution in [3.05, 3.63) is 215 Å². The Morgan fingerprint density at radius 3 is 0.912 bits per heavy atom. The summed E-state index contributed by atoms with van der Waals surface area (Å²) in [4.78, 5) is 144. The van der Waals surface area contributed by atoms with Crippen LogP contribution in [0.4, 0.5) is 14.4 Å². The molecule has 0 aromatic heterocycles. The number of carbonyl (C=O) groups is 10. The van der Waals surface area contributed by atoms with E-state index in [1.54, 1.807) is 34.8 Å². The second kappa shape index (κ2) is 62.9. The van der Waals surface area contributed by atoms with Crippen molar-refractivity contribution in [3.8, 4) is 0 Å². The summed E-state index contributed by atoms with van der Waals surface area (Å²) in [7, 11) is 6.05. The average molecular weight is 1900 g/mol. The Bertz CT molecular complexity index is 4480. The van der Waals surface area contributed by atoms with Crippen molar-refractivity contribution in [2.75, 3.05) is 55.6 Å². The molecule has 3 saturated heterocycles. The van der Waals surface area contributed by atoms with Crippen molar-refractivity contribution in [3.63, 3.8) is 0 Å². The number of amides is 3. The quantitative estimate of drug-likeness (QED) is 0.0108. The molecule has 9 rings (SSSR count). The largest absolute Gasteiger partial charge is 1.00 e. The first-order valence-electron chi connectivity index (χ1n) is 46.4. The van der Waals surface area contributed by atoms with Gasteiger partial charge < -0.3 is 64.8 Å². The Hall–Kier alpha value is -9.89. The number of esters is 6. The number of aliphatic imine (C=N–C) groups is 1. The summed E-state index contributed by atoms with van der Waals surface area (Å²) < 4.78 is 49.0. The number of hydrogen-bond acceptors (Lipinski definition) is 26. The normalized spacial score (nSPS) is 17.8. The zero-order valence-electron chi connectivity index (χ0n) is 86.1. The van der Waals surface area contributed by atoms with Crippen molar-refractivity contribution in [2.24, 2.45) is 34.4 Å².